The van der Waals surface area contributed by atoms with E-state index in [1.165, 1.54) is 0 Å². The lowest BCUT2D eigenvalue weighted by molar-refractivity contribution is 0.721. The van der Waals surface area contributed by atoms with Gasteiger partial charge in [0.2, 0.25) is 0 Å². The summed E-state index contributed by atoms with van der Waals surface area (Å²) in [5.74, 6) is 0.965. The molecule has 0 spiro atoms. The second-order valence-corrected chi connectivity index (χ2v) is 1.60. The summed E-state index contributed by atoms with van der Waals surface area (Å²) in [4.78, 5) is 4.04. The molecule has 1 aliphatic heterocycles. The average molecular weight is 114 g/mol. The molecule has 0 unspecified atom stereocenters. The van der Waals surface area contributed by atoms with E-state index in [9.17, 15) is 0 Å². The molecule has 1 aliphatic rings. The van der Waals surface area contributed by atoms with Crippen LogP contribution in [0.5, 0.6) is 0 Å². The van der Waals surface area contributed by atoms with Crippen molar-refractivity contribution in [3.8, 4) is 0 Å². The van der Waals surface area contributed by atoms with Crippen LogP contribution < -0.4 is 16.6 Å². The molecule has 0 fully saturated rings. The molecular formula is C4H10N4. The first kappa shape index (κ1) is 5.53. The van der Waals surface area contributed by atoms with Crippen molar-refractivity contribution < 1.29 is 0 Å². The van der Waals surface area contributed by atoms with Crippen LogP contribution in [0.2, 0.25) is 0 Å². The molecule has 4 heteroatoms. The molecule has 1 rings (SSSR count). The lowest BCUT2D eigenvalue weighted by Crippen LogP contribution is -2.30. The molecule has 1 heterocycles. The van der Waals surface area contributed by atoms with Crippen molar-refractivity contribution in [1.82, 2.24) is 10.9 Å². The first-order valence-electron chi connectivity index (χ1n) is 2.66. The Morgan fingerprint density at radius 3 is 3.12 bits per heavy atom. The number of aliphatic imine (C=N–C) groups is 1. The summed E-state index contributed by atoms with van der Waals surface area (Å²) in [6.45, 7) is 1.34. The van der Waals surface area contributed by atoms with Gasteiger partial charge in [0.15, 0.2) is 0 Å². The van der Waals surface area contributed by atoms with Crippen LogP contribution in [0, 0.1) is 0 Å². The van der Waals surface area contributed by atoms with Crippen LogP contribution >= 0.6 is 0 Å². The van der Waals surface area contributed by atoms with Gasteiger partial charge in [0.05, 0.1) is 0 Å². The van der Waals surface area contributed by atoms with Gasteiger partial charge in [-0.1, -0.05) is 0 Å². The summed E-state index contributed by atoms with van der Waals surface area (Å²) in [5.41, 5.74) is 11.0. The van der Waals surface area contributed by atoms with Gasteiger partial charge < -0.3 is 11.2 Å². The Bertz CT molecular complexity index is 98.2. The number of nitrogens with two attached hydrogens (primary N) is 1. The number of hydrogen-bond acceptors (Lipinski definition) is 4. The summed E-state index contributed by atoms with van der Waals surface area (Å²) < 4.78 is 0. The minimum atomic E-state index is 0.660. The number of hydrazine groups is 1. The van der Waals surface area contributed by atoms with Gasteiger partial charge in [-0.05, 0) is 6.54 Å². The van der Waals surface area contributed by atoms with Gasteiger partial charge in [-0.2, -0.15) is 0 Å². The fraction of sp³-hybridized carbons (Fsp3) is 0.750. The maximum atomic E-state index is 5.26. The maximum absolute atomic E-state index is 5.26. The highest BCUT2D eigenvalue weighted by atomic mass is 15.5. The Labute approximate surface area is 48.1 Å². The number of nitrogens with one attached hydrogen (secondary N) is 2. The number of rotatable bonds is 2. The third-order valence-corrected chi connectivity index (χ3v) is 0.963. The van der Waals surface area contributed by atoms with E-state index >= 15 is 0 Å². The predicted octanol–water partition coefficient (Wildman–Crippen LogP) is -1.20. The van der Waals surface area contributed by atoms with Crippen molar-refractivity contribution in [3.05, 3.63) is 0 Å². The van der Waals surface area contributed by atoms with Gasteiger partial charge in [0.1, 0.15) is 12.5 Å². The minimum absolute atomic E-state index is 0.660. The molecule has 0 aromatic carbocycles. The van der Waals surface area contributed by atoms with Gasteiger partial charge in [-0.3, -0.25) is 4.99 Å². The normalized spacial score (nSPS) is 17.9. The molecule has 0 aliphatic carbocycles. The van der Waals surface area contributed by atoms with Crippen LogP contribution in [0.25, 0.3) is 0 Å². The molecule has 0 saturated heterocycles. The van der Waals surface area contributed by atoms with Crippen molar-refractivity contribution in [2.24, 2.45) is 10.7 Å². The first-order chi connectivity index (χ1) is 3.93. The topological polar surface area (TPSA) is 62.4 Å². The van der Waals surface area contributed by atoms with Crippen LogP contribution in [0.4, 0.5) is 0 Å². The van der Waals surface area contributed by atoms with Crippen molar-refractivity contribution in [3.63, 3.8) is 0 Å². The number of hydrogen-bond donors (Lipinski definition) is 3. The SMILES string of the molecule is NCCC1=NCNN1. The van der Waals surface area contributed by atoms with Gasteiger partial charge in [0, 0.05) is 6.42 Å². The van der Waals surface area contributed by atoms with E-state index in [1.54, 1.807) is 0 Å². The second kappa shape index (κ2) is 2.64. The van der Waals surface area contributed by atoms with E-state index in [4.69, 9.17) is 5.73 Å². The van der Waals surface area contributed by atoms with E-state index in [-0.39, 0.29) is 0 Å². The average Bonchev–Trinajstić information content (AvgIpc) is 2.19. The van der Waals surface area contributed by atoms with Gasteiger partial charge in [0.25, 0.3) is 0 Å². The first-order valence-corrected chi connectivity index (χ1v) is 2.66. The zero-order valence-corrected chi connectivity index (χ0v) is 4.65. The molecule has 46 valence electrons. The quantitative estimate of drug-likeness (QED) is 0.422. The lowest BCUT2D eigenvalue weighted by atomic mass is 10.4. The van der Waals surface area contributed by atoms with Crippen LogP contribution in [-0.4, -0.2) is 19.0 Å². The summed E-state index contributed by atoms with van der Waals surface area (Å²) in [6, 6.07) is 0. The van der Waals surface area contributed by atoms with E-state index in [0.29, 0.717) is 13.2 Å². The molecule has 0 atom stereocenters. The van der Waals surface area contributed by atoms with Crippen LogP contribution in [0.1, 0.15) is 6.42 Å². The smallest absolute Gasteiger partial charge is 0.113 e. The zero-order chi connectivity index (χ0) is 5.82. The Balaban J connectivity index is 2.23. The van der Waals surface area contributed by atoms with Crippen molar-refractivity contribution in [2.75, 3.05) is 13.2 Å². The molecule has 4 nitrogen and oxygen atoms in total. The van der Waals surface area contributed by atoms with Crippen LogP contribution in [0.3, 0.4) is 0 Å². The summed E-state index contributed by atoms with van der Waals surface area (Å²) in [6.07, 6.45) is 0.840. The molecule has 0 bridgehead atoms. The summed E-state index contributed by atoms with van der Waals surface area (Å²) in [7, 11) is 0. The van der Waals surface area contributed by atoms with E-state index in [1.807, 2.05) is 0 Å². The summed E-state index contributed by atoms with van der Waals surface area (Å²) >= 11 is 0. The van der Waals surface area contributed by atoms with Crippen molar-refractivity contribution in [1.29, 1.82) is 0 Å². The zero-order valence-electron chi connectivity index (χ0n) is 4.65. The third-order valence-electron chi connectivity index (χ3n) is 0.963. The van der Waals surface area contributed by atoms with Crippen molar-refractivity contribution in [2.45, 2.75) is 6.42 Å². The second-order valence-electron chi connectivity index (χ2n) is 1.60. The molecule has 0 aromatic rings. The number of nitrogens with zero attached hydrogens (tertiary/aromatic N) is 1. The molecule has 0 amide bonds. The molecular weight excluding hydrogens is 104 g/mol. The molecule has 8 heavy (non-hydrogen) atoms. The number of amidine groups is 1. The van der Waals surface area contributed by atoms with Gasteiger partial charge in [-0.15, -0.1) is 0 Å². The summed E-state index contributed by atoms with van der Waals surface area (Å²) in [5, 5.41) is 0. The Morgan fingerprint density at radius 1 is 1.75 bits per heavy atom. The van der Waals surface area contributed by atoms with Crippen LogP contribution in [-0.2, 0) is 0 Å². The van der Waals surface area contributed by atoms with Gasteiger partial charge in [-0.25, -0.2) is 5.43 Å². The Morgan fingerprint density at radius 2 is 2.62 bits per heavy atom. The highest BCUT2D eigenvalue weighted by Crippen LogP contribution is 1.83. The molecule has 4 N–H and O–H groups in total. The largest absolute Gasteiger partial charge is 0.330 e. The third kappa shape index (κ3) is 1.18. The predicted molar refractivity (Wildman–Crippen MR) is 32.2 cm³/mol. The molecule has 0 aromatic heterocycles. The molecule has 0 saturated carbocycles. The molecule has 0 radical (unpaired) electrons. The van der Waals surface area contributed by atoms with Crippen molar-refractivity contribution >= 4 is 5.84 Å². The Kier molecular flexibility index (Phi) is 1.82. The fourth-order valence-corrected chi connectivity index (χ4v) is 0.594. The van der Waals surface area contributed by atoms with Gasteiger partial charge >= 0.3 is 0 Å². The monoisotopic (exact) mass is 114 g/mol. The van der Waals surface area contributed by atoms with E-state index in [2.05, 4.69) is 15.8 Å². The fourth-order valence-electron chi connectivity index (χ4n) is 0.594. The highest BCUT2D eigenvalue weighted by molar-refractivity contribution is 5.82. The highest BCUT2D eigenvalue weighted by Gasteiger charge is 1.99. The standard InChI is InChI=1S/C4H10N4/c5-2-1-4-6-3-7-8-4/h7H,1-3,5H2,(H,6,8). The van der Waals surface area contributed by atoms with E-state index in [0.717, 1.165) is 12.3 Å². The lowest BCUT2D eigenvalue weighted by Gasteiger charge is -1.95. The minimum Gasteiger partial charge on any atom is -0.330 e. The van der Waals surface area contributed by atoms with Crippen LogP contribution in [0.15, 0.2) is 4.99 Å². The van der Waals surface area contributed by atoms with E-state index < -0.39 is 0 Å². The Hall–Kier alpha value is -0.610. The maximum Gasteiger partial charge on any atom is 0.113 e.